The summed E-state index contributed by atoms with van der Waals surface area (Å²) in [4.78, 5) is 4.08. The highest BCUT2D eigenvalue weighted by Crippen LogP contribution is 2.37. The van der Waals surface area contributed by atoms with Crippen LogP contribution in [0.15, 0.2) is 32.3 Å². The first-order chi connectivity index (χ1) is 9.82. The van der Waals surface area contributed by atoms with Crippen molar-refractivity contribution in [2.75, 3.05) is 0 Å². The summed E-state index contributed by atoms with van der Waals surface area (Å²) in [7, 11) is 1.52. The van der Waals surface area contributed by atoms with Gasteiger partial charge in [0.15, 0.2) is 5.82 Å². The average Bonchev–Trinajstić information content (AvgIpc) is 2.84. The molecule has 0 N–H and O–H groups in total. The summed E-state index contributed by atoms with van der Waals surface area (Å²) < 4.78 is 31.0. The number of nitrogens with zero attached hydrogens (tertiary/aromatic N) is 3. The van der Waals surface area contributed by atoms with Gasteiger partial charge in [0.25, 0.3) is 9.05 Å². The quantitative estimate of drug-likeness (QED) is 0.642. The molecule has 0 atom stereocenters. The van der Waals surface area contributed by atoms with Gasteiger partial charge in [0, 0.05) is 17.2 Å². The van der Waals surface area contributed by atoms with Crippen LogP contribution in [0.4, 0.5) is 0 Å². The Morgan fingerprint density at radius 3 is 2.48 bits per heavy atom. The standard InChI is InChI=1S/C11H10Br2ClN3O3S/c1-2-17-10(15-6-16-17)5-20-11-8(12)3-7(4-9(11)13)21(14,18)19/h3-4,6H,2,5H2,1H3. The second kappa shape index (κ2) is 6.64. The first kappa shape index (κ1) is 16.7. The third-order valence-corrected chi connectivity index (χ3v) is 5.11. The number of benzene rings is 1. The molecule has 2 aromatic rings. The Labute approximate surface area is 143 Å². The van der Waals surface area contributed by atoms with Gasteiger partial charge < -0.3 is 4.74 Å². The third-order valence-electron chi connectivity index (χ3n) is 2.59. The molecule has 1 heterocycles. The van der Waals surface area contributed by atoms with Gasteiger partial charge in [-0.05, 0) is 50.9 Å². The van der Waals surface area contributed by atoms with E-state index in [0.717, 1.165) is 0 Å². The van der Waals surface area contributed by atoms with E-state index in [0.29, 0.717) is 27.1 Å². The van der Waals surface area contributed by atoms with Crippen LogP contribution in [0.5, 0.6) is 5.75 Å². The number of halogens is 3. The molecule has 0 aliphatic heterocycles. The predicted octanol–water partition coefficient (Wildman–Crippen LogP) is 3.33. The minimum atomic E-state index is -3.80. The topological polar surface area (TPSA) is 74.1 Å². The summed E-state index contributed by atoms with van der Waals surface area (Å²) in [6.07, 6.45) is 1.45. The summed E-state index contributed by atoms with van der Waals surface area (Å²) in [5.74, 6) is 1.13. The fourth-order valence-electron chi connectivity index (χ4n) is 1.62. The average molecular weight is 460 g/mol. The SMILES string of the molecule is CCn1ncnc1COc1c(Br)cc(S(=O)(=O)Cl)cc1Br. The molecule has 0 unspecified atom stereocenters. The zero-order valence-electron chi connectivity index (χ0n) is 10.8. The van der Waals surface area contributed by atoms with Gasteiger partial charge in [-0.2, -0.15) is 5.10 Å². The lowest BCUT2D eigenvalue weighted by molar-refractivity contribution is 0.283. The van der Waals surface area contributed by atoms with Crippen LogP contribution < -0.4 is 4.74 Å². The number of aryl methyl sites for hydroxylation is 1. The van der Waals surface area contributed by atoms with E-state index in [-0.39, 0.29) is 11.5 Å². The first-order valence-electron chi connectivity index (χ1n) is 5.76. The predicted molar refractivity (Wildman–Crippen MR) is 84.9 cm³/mol. The Kier molecular flexibility index (Phi) is 5.29. The molecule has 0 saturated carbocycles. The van der Waals surface area contributed by atoms with Crippen molar-refractivity contribution in [3.63, 3.8) is 0 Å². The van der Waals surface area contributed by atoms with E-state index < -0.39 is 9.05 Å². The Hall–Kier alpha value is -0.640. The highest BCUT2D eigenvalue weighted by atomic mass is 79.9. The van der Waals surface area contributed by atoms with Gasteiger partial charge in [0.2, 0.25) is 0 Å². The Morgan fingerprint density at radius 1 is 1.33 bits per heavy atom. The van der Waals surface area contributed by atoms with Crippen molar-refractivity contribution in [1.29, 1.82) is 0 Å². The van der Waals surface area contributed by atoms with E-state index in [4.69, 9.17) is 15.4 Å². The number of hydrogen-bond donors (Lipinski definition) is 0. The Bertz CT molecular complexity index is 741. The molecule has 10 heteroatoms. The molecule has 21 heavy (non-hydrogen) atoms. The molecule has 2 rings (SSSR count). The molecule has 1 aromatic carbocycles. The smallest absolute Gasteiger partial charge is 0.261 e. The van der Waals surface area contributed by atoms with Crippen molar-refractivity contribution < 1.29 is 13.2 Å². The number of rotatable bonds is 5. The lowest BCUT2D eigenvalue weighted by Gasteiger charge is -2.11. The molecule has 0 aliphatic carbocycles. The van der Waals surface area contributed by atoms with Crippen molar-refractivity contribution in [2.24, 2.45) is 0 Å². The van der Waals surface area contributed by atoms with Gasteiger partial charge in [-0.1, -0.05) is 0 Å². The molecule has 0 saturated heterocycles. The second-order valence-corrected chi connectivity index (χ2v) is 8.21. The van der Waals surface area contributed by atoms with Crippen LogP contribution in [0.2, 0.25) is 0 Å². The summed E-state index contributed by atoms with van der Waals surface area (Å²) in [6, 6.07) is 2.76. The maximum atomic E-state index is 11.3. The highest BCUT2D eigenvalue weighted by molar-refractivity contribution is 9.11. The van der Waals surface area contributed by atoms with Crippen LogP contribution >= 0.6 is 42.5 Å². The van der Waals surface area contributed by atoms with Crippen molar-refractivity contribution in [3.05, 3.63) is 33.2 Å². The normalized spacial score (nSPS) is 11.6. The second-order valence-electron chi connectivity index (χ2n) is 3.93. The maximum absolute atomic E-state index is 11.3. The summed E-state index contributed by atoms with van der Waals surface area (Å²) in [5, 5.41) is 4.04. The lowest BCUT2D eigenvalue weighted by atomic mass is 10.3. The molecule has 0 fully saturated rings. The Balaban J connectivity index is 2.25. The lowest BCUT2D eigenvalue weighted by Crippen LogP contribution is -2.08. The molecule has 0 bridgehead atoms. The van der Waals surface area contributed by atoms with E-state index in [1.54, 1.807) is 4.68 Å². The largest absolute Gasteiger partial charge is 0.483 e. The van der Waals surface area contributed by atoms with E-state index in [9.17, 15) is 8.42 Å². The van der Waals surface area contributed by atoms with Gasteiger partial charge in [-0.3, -0.25) is 0 Å². The molecule has 6 nitrogen and oxygen atoms in total. The zero-order valence-corrected chi connectivity index (χ0v) is 15.5. The van der Waals surface area contributed by atoms with Crippen LogP contribution in [0.25, 0.3) is 0 Å². The van der Waals surface area contributed by atoms with Gasteiger partial charge in [-0.25, -0.2) is 18.1 Å². The molecule has 0 aliphatic rings. The minimum Gasteiger partial charge on any atom is -0.483 e. The van der Waals surface area contributed by atoms with Crippen LogP contribution in [0.3, 0.4) is 0 Å². The van der Waals surface area contributed by atoms with E-state index in [1.165, 1.54) is 18.5 Å². The molecule has 0 amide bonds. The van der Waals surface area contributed by atoms with E-state index in [1.807, 2.05) is 6.92 Å². The van der Waals surface area contributed by atoms with Crippen molar-refractivity contribution >= 4 is 51.6 Å². The number of aromatic nitrogens is 3. The fourth-order valence-corrected chi connectivity index (χ4v) is 4.12. The first-order valence-corrected chi connectivity index (χ1v) is 9.65. The van der Waals surface area contributed by atoms with E-state index >= 15 is 0 Å². The van der Waals surface area contributed by atoms with Gasteiger partial charge in [0.1, 0.15) is 18.7 Å². The van der Waals surface area contributed by atoms with Crippen LogP contribution in [-0.2, 0) is 22.2 Å². The number of hydrogen-bond acceptors (Lipinski definition) is 5. The van der Waals surface area contributed by atoms with Crippen molar-refractivity contribution in [3.8, 4) is 5.75 Å². The van der Waals surface area contributed by atoms with Crippen molar-refractivity contribution in [1.82, 2.24) is 14.8 Å². The van der Waals surface area contributed by atoms with Crippen LogP contribution in [0, 0.1) is 0 Å². The molecular weight excluding hydrogens is 449 g/mol. The van der Waals surface area contributed by atoms with Gasteiger partial charge >= 0.3 is 0 Å². The molecule has 0 spiro atoms. The zero-order chi connectivity index (χ0) is 15.6. The highest BCUT2D eigenvalue weighted by Gasteiger charge is 2.17. The van der Waals surface area contributed by atoms with Gasteiger partial charge in [-0.15, -0.1) is 0 Å². The number of ether oxygens (including phenoxy) is 1. The third kappa shape index (κ3) is 3.97. The maximum Gasteiger partial charge on any atom is 0.261 e. The monoisotopic (exact) mass is 457 g/mol. The summed E-state index contributed by atoms with van der Waals surface area (Å²) >= 11 is 6.54. The van der Waals surface area contributed by atoms with Crippen molar-refractivity contribution in [2.45, 2.75) is 25.0 Å². The molecular formula is C11H10Br2ClN3O3S. The van der Waals surface area contributed by atoms with E-state index in [2.05, 4.69) is 41.9 Å². The minimum absolute atomic E-state index is 0.0213. The van der Waals surface area contributed by atoms with Crippen LogP contribution in [0.1, 0.15) is 12.7 Å². The van der Waals surface area contributed by atoms with Gasteiger partial charge in [0.05, 0.1) is 13.8 Å². The molecule has 1 aromatic heterocycles. The summed E-state index contributed by atoms with van der Waals surface area (Å²) in [6.45, 7) is 2.84. The molecule has 0 radical (unpaired) electrons. The summed E-state index contributed by atoms with van der Waals surface area (Å²) in [5.41, 5.74) is 0. The molecule has 114 valence electrons. The fraction of sp³-hybridized carbons (Fsp3) is 0.273. The van der Waals surface area contributed by atoms with Crippen LogP contribution in [-0.4, -0.2) is 23.2 Å². The Morgan fingerprint density at radius 2 is 1.95 bits per heavy atom.